The summed E-state index contributed by atoms with van der Waals surface area (Å²) in [6, 6.07) is 1.42. The van der Waals surface area contributed by atoms with Crippen LogP contribution in [-0.2, 0) is 10.0 Å². The third-order valence-corrected chi connectivity index (χ3v) is 7.26. The van der Waals surface area contributed by atoms with E-state index < -0.39 is 10.0 Å². The fourth-order valence-electron chi connectivity index (χ4n) is 3.67. The Morgan fingerprint density at radius 1 is 1.28 bits per heavy atom. The summed E-state index contributed by atoms with van der Waals surface area (Å²) in [5.74, 6) is 0.384. The molecular weight excluding hydrogens is 342 g/mol. The lowest BCUT2D eigenvalue weighted by atomic mass is 9.92. The standard InChI is InChI=1S/C17H27N3O4S/c1-12(18)14-6-5-7-19(11-14)17(21)15-10-16(13(2)24-15)25(22,23)20-8-3-4-9-20/h10,12,14H,3-9,11,18H2,1-2H3. The molecule has 0 spiro atoms. The molecule has 2 N–H and O–H groups in total. The topological polar surface area (TPSA) is 96.8 Å². The van der Waals surface area contributed by atoms with Gasteiger partial charge in [-0.3, -0.25) is 4.79 Å². The van der Waals surface area contributed by atoms with Crippen LogP contribution < -0.4 is 5.73 Å². The van der Waals surface area contributed by atoms with E-state index in [1.54, 1.807) is 11.8 Å². The van der Waals surface area contributed by atoms with E-state index in [2.05, 4.69) is 0 Å². The number of aryl methyl sites for hydroxylation is 1. The maximum absolute atomic E-state index is 12.8. The van der Waals surface area contributed by atoms with Crippen LogP contribution >= 0.6 is 0 Å². The molecule has 0 aromatic carbocycles. The molecule has 3 heterocycles. The number of nitrogens with zero attached hydrogens (tertiary/aromatic N) is 2. The van der Waals surface area contributed by atoms with E-state index in [0.717, 1.165) is 25.7 Å². The number of rotatable bonds is 4. The summed E-state index contributed by atoms with van der Waals surface area (Å²) >= 11 is 0. The average Bonchev–Trinajstić information content (AvgIpc) is 3.24. The number of piperidine rings is 1. The van der Waals surface area contributed by atoms with Crippen molar-refractivity contribution in [1.29, 1.82) is 0 Å². The van der Waals surface area contributed by atoms with E-state index in [4.69, 9.17) is 10.2 Å². The second kappa shape index (κ2) is 7.09. The first-order chi connectivity index (χ1) is 11.8. The molecule has 2 fully saturated rings. The van der Waals surface area contributed by atoms with Gasteiger partial charge < -0.3 is 15.1 Å². The van der Waals surface area contributed by atoms with E-state index in [1.165, 1.54) is 10.4 Å². The molecular formula is C17H27N3O4S. The predicted octanol–water partition coefficient (Wildman–Crippen LogP) is 1.57. The van der Waals surface area contributed by atoms with Crippen LogP contribution in [0.2, 0.25) is 0 Å². The molecule has 2 saturated heterocycles. The van der Waals surface area contributed by atoms with Crippen molar-refractivity contribution < 1.29 is 17.6 Å². The normalized spacial score (nSPS) is 23.8. The minimum Gasteiger partial charge on any atom is -0.455 e. The summed E-state index contributed by atoms with van der Waals surface area (Å²) in [7, 11) is -3.59. The van der Waals surface area contributed by atoms with Crippen molar-refractivity contribution in [2.45, 2.75) is 50.5 Å². The Kier molecular flexibility index (Phi) is 5.22. The van der Waals surface area contributed by atoms with Gasteiger partial charge in [-0.25, -0.2) is 8.42 Å². The summed E-state index contributed by atoms with van der Waals surface area (Å²) in [6.45, 7) is 5.84. The molecule has 1 aromatic heterocycles. The lowest BCUT2D eigenvalue weighted by Crippen LogP contribution is -2.45. The fraction of sp³-hybridized carbons (Fsp3) is 0.706. The number of sulfonamides is 1. The van der Waals surface area contributed by atoms with Crippen molar-refractivity contribution in [3.63, 3.8) is 0 Å². The molecule has 1 aromatic rings. The molecule has 25 heavy (non-hydrogen) atoms. The number of nitrogens with two attached hydrogens (primary N) is 1. The van der Waals surface area contributed by atoms with E-state index in [-0.39, 0.29) is 34.3 Å². The first-order valence-electron chi connectivity index (χ1n) is 8.96. The molecule has 140 valence electrons. The van der Waals surface area contributed by atoms with Crippen molar-refractivity contribution >= 4 is 15.9 Å². The fourth-order valence-corrected chi connectivity index (χ4v) is 5.35. The highest BCUT2D eigenvalue weighted by atomic mass is 32.2. The van der Waals surface area contributed by atoms with Gasteiger partial charge in [-0.2, -0.15) is 4.31 Å². The highest BCUT2D eigenvalue weighted by Crippen LogP contribution is 2.28. The first kappa shape index (κ1) is 18.4. The maximum Gasteiger partial charge on any atom is 0.289 e. The second-order valence-electron chi connectivity index (χ2n) is 7.15. The van der Waals surface area contributed by atoms with Crippen LogP contribution in [0.1, 0.15) is 48.9 Å². The number of amides is 1. The number of carbonyl (C=O) groups is 1. The Morgan fingerprint density at radius 3 is 2.60 bits per heavy atom. The van der Waals surface area contributed by atoms with Gasteiger partial charge in [-0.1, -0.05) is 0 Å². The third-order valence-electron chi connectivity index (χ3n) is 5.25. The van der Waals surface area contributed by atoms with Crippen molar-refractivity contribution in [3.05, 3.63) is 17.6 Å². The monoisotopic (exact) mass is 369 g/mol. The van der Waals surface area contributed by atoms with E-state index >= 15 is 0 Å². The van der Waals surface area contributed by atoms with Crippen LogP contribution in [0.25, 0.3) is 0 Å². The summed E-state index contributed by atoms with van der Waals surface area (Å²) < 4.78 is 32.5. The SMILES string of the molecule is Cc1oc(C(=O)N2CCCC(C(C)N)C2)cc1S(=O)(=O)N1CCCC1. The van der Waals surface area contributed by atoms with Gasteiger partial charge in [0, 0.05) is 38.3 Å². The number of carbonyl (C=O) groups excluding carboxylic acids is 1. The van der Waals surface area contributed by atoms with Crippen molar-refractivity contribution in [2.24, 2.45) is 11.7 Å². The Balaban J connectivity index is 1.81. The van der Waals surface area contributed by atoms with E-state index in [0.29, 0.717) is 26.2 Å². The van der Waals surface area contributed by atoms with Crippen molar-refractivity contribution in [3.8, 4) is 0 Å². The van der Waals surface area contributed by atoms with Gasteiger partial charge in [0.15, 0.2) is 5.76 Å². The lowest BCUT2D eigenvalue weighted by molar-refractivity contribution is 0.0627. The quantitative estimate of drug-likeness (QED) is 0.869. The third kappa shape index (κ3) is 3.61. The Morgan fingerprint density at radius 2 is 1.96 bits per heavy atom. The van der Waals surface area contributed by atoms with Crippen LogP contribution in [0, 0.1) is 12.8 Å². The molecule has 0 aliphatic carbocycles. The van der Waals surface area contributed by atoms with Gasteiger partial charge in [-0.05, 0) is 45.4 Å². The molecule has 2 atom stereocenters. The van der Waals surface area contributed by atoms with Crippen LogP contribution in [0.3, 0.4) is 0 Å². The van der Waals surface area contributed by atoms with Crippen molar-refractivity contribution in [2.75, 3.05) is 26.2 Å². The summed E-state index contributed by atoms with van der Waals surface area (Å²) in [5, 5.41) is 0. The number of likely N-dealkylation sites (tertiary alicyclic amines) is 1. The van der Waals surface area contributed by atoms with Crippen LogP contribution in [0.4, 0.5) is 0 Å². The zero-order valence-electron chi connectivity index (χ0n) is 14.9. The van der Waals surface area contributed by atoms with Gasteiger partial charge in [0.1, 0.15) is 10.7 Å². The molecule has 0 saturated carbocycles. The highest BCUT2D eigenvalue weighted by molar-refractivity contribution is 7.89. The van der Waals surface area contributed by atoms with Crippen LogP contribution in [-0.4, -0.2) is 55.8 Å². The molecule has 2 aliphatic heterocycles. The number of furan rings is 1. The average molecular weight is 369 g/mol. The molecule has 1 amide bonds. The Bertz CT molecular complexity index is 735. The van der Waals surface area contributed by atoms with Gasteiger partial charge in [0.05, 0.1) is 0 Å². The Hall–Kier alpha value is -1.38. The molecule has 0 radical (unpaired) electrons. The van der Waals surface area contributed by atoms with E-state index in [9.17, 15) is 13.2 Å². The molecule has 0 bridgehead atoms. The summed E-state index contributed by atoms with van der Waals surface area (Å²) in [4.78, 5) is 14.6. The smallest absolute Gasteiger partial charge is 0.289 e. The molecule has 2 aliphatic rings. The maximum atomic E-state index is 12.8. The number of hydrogen-bond donors (Lipinski definition) is 1. The van der Waals surface area contributed by atoms with Gasteiger partial charge in [0.2, 0.25) is 10.0 Å². The van der Waals surface area contributed by atoms with Crippen molar-refractivity contribution in [1.82, 2.24) is 9.21 Å². The molecule has 2 unspecified atom stereocenters. The summed E-state index contributed by atoms with van der Waals surface area (Å²) in [6.07, 6.45) is 3.65. The van der Waals surface area contributed by atoms with Gasteiger partial charge >= 0.3 is 0 Å². The number of hydrogen-bond acceptors (Lipinski definition) is 5. The predicted molar refractivity (Wildman–Crippen MR) is 93.7 cm³/mol. The van der Waals surface area contributed by atoms with Crippen LogP contribution in [0.5, 0.6) is 0 Å². The zero-order chi connectivity index (χ0) is 18.2. The Labute approximate surface area is 149 Å². The van der Waals surface area contributed by atoms with Gasteiger partial charge in [0.25, 0.3) is 5.91 Å². The largest absolute Gasteiger partial charge is 0.455 e. The minimum absolute atomic E-state index is 0.0278. The summed E-state index contributed by atoms with van der Waals surface area (Å²) in [5.41, 5.74) is 5.98. The minimum atomic E-state index is -3.59. The molecule has 3 rings (SSSR count). The lowest BCUT2D eigenvalue weighted by Gasteiger charge is -2.34. The first-order valence-corrected chi connectivity index (χ1v) is 10.4. The van der Waals surface area contributed by atoms with E-state index in [1.807, 2.05) is 6.92 Å². The highest BCUT2D eigenvalue weighted by Gasteiger charge is 2.33. The molecule has 8 heteroatoms. The second-order valence-corrected chi connectivity index (χ2v) is 9.06. The van der Waals surface area contributed by atoms with Crippen LogP contribution in [0.15, 0.2) is 15.4 Å². The molecule has 7 nitrogen and oxygen atoms in total. The zero-order valence-corrected chi connectivity index (χ0v) is 15.7. The van der Waals surface area contributed by atoms with Gasteiger partial charge in [-0.15, -0.1) is 0 Å².